The molecule has 0 saturated carbocycles. The smallest absolute Gasteiger partial charge is 0.123 e. The van der Waals surface area contributed by atoms with Gasteiger partial charge in [0.1, 0.15) is 5.82 Å². The normalized spacial score (nSPS) is 12.9. The van der Waals surface area contributed by atoms with E-state index in [0.29, 0.717) is 12.2 Å². The van der Waals surface area contributed by atoms with E-state index in [1.807, 2.05) is 19.9 Å². The lowest BCUT2D eigenvalue weighted by Crippen LogP contribution is -2.02. The first-order chi connectivity index (χ1) is 5.65. The fourth-order valence-corrected chi connectivity index (χ4v) is 1.16. The molecule has 1 unspecified atom stereocenters. The molecule has 0 radical (unpaired) electrons. The van der Waals surface area contributed by atoms with Crippen LogP contribution in [0.4, 0.5) is 5.82 Å². The number of nitrogens with zero attached hydrogens (tertiary/aromatic N) is 1. The first-order valence-electron chi connectivity index (χ1n) is 4.06. The van der Waals surface area contributed by atoms with Gasteiger partial charge in [-0.3, -0.25) is 0 Å². The maximum atomic E-state index is 9.52. The van der Waals surface area contributed by atoms with Gasteiger partial charge in [0, 0.05) is 11.3 Å². The summed E-state index contributed by atoms with van der Waals surface area (Å²) in [6, 6.07) is 3.53. The van der Waals surface area contributed by atoms with Crippen molar-refractivity contribution in [1.82, 2.24) is 4.98 Å². The second-order valence-electron chi connectivity index (χ2n) is 2.83. The number of aromatic nitrogens is 1. The zero-order valence-corrected chi connectivity index (χ0v) is 7.41. The first-order valence-corrected chi connectivity index (χ1v) is 4.06. The summed E-state index contributed by atoms with van der Waals surface area (Å²) in [4.78, 5) is 4.06. The predicted octanol–water partition coefficient (Wildman–Crippen LogP) is 1.42. The Kier molecular flexibility index (Phi) is 2.65. The van der Waals surface area contributed by atoms with Crippen LogP contribution < -0.4 is 5.73 Å². The zero-order valence-electron chi connectivity index (χ0n) is 7.41. The summed E-state index contributed by atoms with van der Waals surface area (Å²) in [6.07, 6.45) is 0.282. The van der Waals surface area contributed by atoms with E-state index in [1.54, 1.807) is 6.07 Å². The van der Waals surface area contributed by atoms with Crippen molar-refractivity contribution in [1.29, 1.82) is 0 Å². The Balaban J connectivity index is 3.01. The molecule has 1 atom stereocenters. The Hall–Kier alpha value is -1.09. The minimum atomic E-state index is -0.418. The summed E-state index contributed by atoms with van der Waals surface area (Å²) in [7, 11) is 0. The van der Waals surface area contributed by atoms with E-state index in [0.717, 1.165) is 11.3 Å². The first kappa shape index (κ1) is 9.00. The van der Waals surface area contributed by atoms with Crippen LogP contribution >= 0.6 is 0 Å². The van der Waals surface area contributed by atoms with Crippen molar-refractivity contribution in [2.45, 2.75) is 26.4 Å². The highest BCUT2D eigenvalue weighted by Gasteiger charge is 2.08. The van der Waals surface area contributed by atoms with Gasteiger partial charge in [-0.05, 0) is 19.4 Å². The number of hydrogen-bond acceptors (Lipinski definition) is 3. The third-order valence-electron chi connectivity index (χ3n) is 1.89. The van der Waals surface area contributed by atoms with Gasteiger partial charge in [-0.25, -0.2) is 4.98 Å². The van der Waals surface area contributed by atoms with Crippen LogP contribution in [0, 0.1) is 6.92 Å². The number of hydrogen-bond donors (Lipinski definition) is 2. The Morgan fingerprint density at radius 2 is 2.25 bits per heavy atom. The van der Waals surface area contributed by atoms with Gasteiger partial charge in [-0.15, -0.1) is 0 Å². The molecular formula is C9H14N2O. The number of nitrogen functional groups attached to an aromatic ring is 1. The van der Waals surface area contributed by atoms with Gasteiger partial charge in [-0.2, -0.15) is 0 Å². The highest BCUT2D eigenvalue weighted by atomic mass is 16.3. The van der Waals surface area contributed by atoms with E-state index < -0.39 is 6.10 Å². The van der Waals surface area contributed by atoms with Crippen LogP contribution in [-0.2, 0) is 0 Å². The van der Waals surface area contributed by atoms with Crippen molar-refractivity contribution in [3.8, 4) is 0 Å². The van der Waals surface area contributed by atoms with Gasteiger partial charge in [0.25, 0.3) is 0 Å². The Labute approximate surface area is 72.2 Å². The van der Waals surface area contributed by atoms with E-state index in [1.165, 1.54) is 0 Å². The molecule has 3 nitrogen and oxygen atoms in total. The topological polar surface area (TPSA) is 59.1 Å². The molecule has 66 valence electrons. The Morgan fingerprint density at radius 1 is 1.58 bits per heavy atom. The van der Waals surface area contributed by atoms with Crippen LogP contribution in [0.1, 0.15) is 30.7 Å². The molecule has 1 heterocycles. The van der Waals surface area contributed by atoms with Crippen molar-refractivity contribution in [3.05, 3.63) is 23.4 Å². The molecule has 12 heavy (non-hydrogen) atoms. The SMILES string of the molecule is CCC(O)c1ccc(N)nc1C. The van der Waals surface area contributed by atoms with Crippen LogP contribution in [-0.4, -0.2) is 10.1 Å². The van der Waals surface area contributed by atoms with E-state index in [-0.39, 0.29) is 0 Å². The van der Waals surface area contributed by atoms with Gasteiger partial charge in [0.15, 0.2) is 0 Å². The molecule has 3 heteroatoms. The minimum Gasteiger partial charge on any atom is -0.388 e. The van der Waals surface area contributed by atoms with E-state index >= 15 is 0 Å². The number of rotatable bonds is 2. The Bertz CT molecular complexity index is 273. The summed E-state index contributed by atoms with van der Waals surface area (Å²) >= 11 is 0. The van der Waals surface area contributed by atoms with Gasteiger partial charge in [-0.1, -0.05) is 13.0 Å². The lowest BCUT2D eigenvalue weighted by molar-refractivity contribution is 0.172. The second kappa shape index (κ2) is 3.54. The lowest BCUT2D eigenvalue weighted by Gasteiger charge is -2.10. The molecule has 0 aliphatic heterocycles. The minimum absolute atomic E-state index is 0.418. The molecule has 0 saturated heterocycles. The molecule has 0 amide bonds. The van der Waals surface area contributed by atoms with Crippen molar-refractivity contribution in [3.63, 3.8) is 0 Å². The molecule has 1 aromatic rings. The molecule has 0 aromatic carbocycles. The van der Waals surface area contributed by atoms with E-state index in [4.69, 9.17) is 5.73 Å². The molecule has 0 aliphatic rings. The molecule has 0 aliphatic carbocycles. The average Bonchev–Trinajstić information content (AvgIpc) is 2.03. The standard InChI is InChI=1S/C9H14N2O/c1-3-8(12)7-4-5-9(10)11-6(7)2/h4-5,8,12H,3H2,1-2H3,(H2,10,11). The van der Waals surface area contributed by atoms with Crippen LogP contribution in [0.15, 0.2) is 12.1 Å². The quantitative estimate of drug-likeness (QED) is 0.698. The highest BCUT2D eigenvalue weighted by Crippen LogP contribution is 2.19. The zero-order chi connectivity index (χ0) is 9.14. The van der Waals surface area contributed by atoms with Crippen LogP contribution in [0.25, 0.3) is 0 Å². The predicted molar refractivity (Wildman–Crippen MR) is 48.6 cm³/mol. The number of aliphatic hydroxyl groups excluding tert-OH is 1. The molecule has 1 aromatic heterocycles. The van der Waals surface area contributed by atoms with Gasteiger partial charge < -0.3 is 10.8 Å². The number of pyridine rings is 1. The Morgan fingerprint density at radius 3 is 2.75 bits per heavy atom. The van der Waals surface area contributed by atoms with Crippen LogP contribution in [0.3, 0.4) is 0 Å². The van der Waals surface area contributed by atoms with Gasteiger partial charge in [0.05, 0.1) is 6.10 Å². The second-order valence-corrected chi connectivity index (χ2v) is 2.83. The lowest BCUT2D eigenvalue weighted by atomic mass is 10.1. The molecule has 0 fully saturated rings. The fraction of sp³-hybridized carbons (Fsp3) is 0.444. The molecule has 0 bridgehead atoms. The summed E-state index contributed by atoms with van der Waals surface area (Å²) in [5.41, 5.74) is 7.15. The number of nitrogens with two attached hydrogens (primary N) is 1. The third kappa shape index (κ3) is 1.74. The van der Waals surface area contributed by atoms with Crippen molar-refractivity contribution < 1.29 is 5.11 Å². The maximum absolute atomic E-state index is 9.52. The van der Waals surface area contributed by atoms with Gasteiger partial charge >= 0.3 is 0 Å². The summed E-state index contributed by atoms with van der Waals surface area (Å²) in [6.45, 7) is 3.78. The van der Waals surface area contributed by atoms with Crippen molar-refractivity contribution in [2.75, 3.05) is 5.73 Å². The van der Waals surface area contributed by atoms with E-state index in [9.17, 15) is 5.11 Å². The maximum Gasteiger partial charge on any atom is 0.123 e. The number of aliphatic hydroxyl groups is 1. The van der Waals surface area contributed by atoms with E-state index in [2.05, 4.69) is 4.98 Å². The fourth-order valence-electron chi connectivity index (χ4n) is 1.16. The van der Waals surface area contributed by atoms with Crippen molar-refractivity contribution in [2.24, 2.45) is 0 Å². The van der Waals surface area contributed by atoms with Crippen LogP contribution in [0.2, 0.25) is 0 Å². The van der Waals surface area contributed by atoms with Crippen LogP contribution in [0.5, 0.6) is 0 Å². The monoisotopic (exact) mass is 166 g/mol. The van der Waals surface area contributed by atoms with Crippen molar-refractivity contribution >= 4 is 5.82 Å². The number of aryl methyl sites for hydroxylation is 1. The summed E-state index contributed by atoms with van der Waals surface area (Å²) < 4.78 is 0. The average molecular weight is 166 g/mol. The molecule has 3 N–H and O–H groups in total. The highest BCUT2D eigenvalue weighted by molar-refractivity contribution is 5.34. The number of anilines is 1. The summed E-state index contributed by atoms with van der Waals surface area (Å²) in [5, 5.41) is 9.52. The largest absolute Gasteiger partial charge is 0.388 e. The third-order valence-corrected chi connectivity index (χ3v) is 1.89. The summed E-state index contributed by atoms with van der Waals surface area (Å²) in [5.74, 6) is 0.500. The molecular weight excluding hydrogens is 152 g/mol. The molecule has 1 rings (SSSR count). The van der Waals surface area contributed by atoms with Gasteiger partial charge in [0.2, 0.25) is 0 Å². The molecule has 0 spiro atoms.